The largest absolute Gasteiger partial charge is 0.395 e. The van der Waals surface area contributed by atoms with Crippen molar-refractivity contribution in [1.82, 2.24) is 0 Å². The van der Waals surface area contributed by atoms with Gasteiger partial charge in [0.15, 0.2) is 0 Å². The summed E-state index contributed by atoms with van der Waals surface area (Å²) in [5.41, 5.74) is 5.04. The molecule has 0 radical (unpaired) electrons. The molecule has 4 N–H and O–H groups in total. The van der Waals surface area contributed by atoms with Crippen LogP contribution in [0.5, 0.6) is 0 Å². The second-order valence-electron chi connectivity index (χ2n) is 2.48. The lowest BCUT2D eigenvalue weighted by atomic mass is 10.4. The van der Waals surface area contributed by atoms with E-state index in [0.29, 0.717) is 0 Å². The fraction of sp³-hybridized carbons (Fsp3) is 1.00. The third-order valence-electron chi connectivity index (χ3n) is 0.912. The monoisotopic (exact) mass is 180 g/mol. The average molecular weight is 180 g/mol. The summed E-state index contributed by atoms with van der Waals surface area (Å²) >= 11 is 0. The van der Waals surface area contributed by atoms with Crippen LogP contribution < -0.4 is 5.73 Å². The van der Waals surface area contributed by atoms with E-state index in [1.165, 1.54) is 6.92 Å². The second kappa shape index (κ2) is 8.38. The van der Waals surface area contributed by atoms with Crippen molar-refractivity contribution in [3.05, 3.63) is 10.1 Å². The highest BCUT2D eigenvalue weighted by Gasteiger charge is 2.07. The zero-order valence-corrected chi connectivity index (χ0v) is 7.30. The Bertz CT molecular complexity index is 118. The molecule has 0 bridgehead atoms. The van der Waals surface area contributed by atoms with E-state index in [1.807, 2.05) is 0 Å². The van der Waals surface area contributed by atoms with E-state index in [0.717, 1.165) is 0 Å². The van der Waals surface area contributed by atoms with Gasteiger partial charge in [-0.15, -0.1) is 0 Å². The van der Waals surface area contributed by atoms with Gasteiger partial charge in [0.25, 0.3) is 0 Å². The van der Waals surface area contributed by atoms with Crippen LogP contribution in [0.2, 0.25) is 0 Å². The molecule has 0 rings (SSSR count). The predicted molar refractivity (Wildman–Crippen MR) is 44.3 cm³/mol. The third-order valence-corrected chi connectivity index (χ3v) is 0.912. The van der Waals surface area contributed by atoms with Crippen LogP contribution >= 0.6 is 0 Å². The Morgan fingerprint density at radius 3 is 1.75 bits per heavy atom. The molecule has 74 valence electrons. The fourth-order valence-electron chi connectivity index (χ4n) is 0.0667. The van der Waals surface area contributed by atoms with Gasteiger partial charge in [-0.1, -0.05) is 0 Å². The first-order valence-electron chi connectivity index (χ1n) is 3.56. The molecule has 0 amide bonds. The Morgan fingerprint density at radius 2 is 1.75 bits per heavy atom. The van der Waals surface area contributed by atoms with Crippen LogP contribution in [0, 0.1) is 10.1 Å². The number of rotatable bonds is 3. The maximum atomic E-state index is 9.58. The number of nitro groups is 1. The first-order chi connectivity index (χ1) is 5.45. The Balaban J connectivity index is 0. The Labute approximate surface area is 71.2 Å². The van der Waals surface area contributed by atoms with Crippen LogP contribution in [-0.4, -0.2) is 40.4 Å². The number of nitrogens with zero attached hydrogens (tertiary/aromatic N) is 1. The summed E-state index contributed by atoms with van der Waals surface area (Å²) in [5, 5.41) is 25.7. The highest BCUT2D eigenvalue weighted by atomic mass is 16.6. The number of aliphatic hydroxyl groups excluding tert-OH is 2. The number of hydrogen-bond donors (Lipinski definition) is 3. The summed E-state index contributed by atoms with van der Waals surface area (Å²) in [7, 11) is 0. The van der Waals surface area contributed by atoms with Crippen molar-refractivity contribution in [1.29, 1.82) is 0 Å². The lowest BCUT2D eigenvalue weighted by Crippen LogP contribution is -2.18. The third kappa shape index (κ3) is 12.0. The van der Waals surface area contributed by atoms with Crippen LogP contribution in [0.25, 0.3) is 0 Å². The van der Waals surface area contributed by atoms with E-state index in [2.05, 4.69) is 0 Å². The molecule has 2 atom stereocenters. The van der Waals surface area contributed by atoms with Crippen LogP contribution in [0.3, 0.4) is 0 Å². The fourth-order valence-corrected chi connectivity index (χ4v) is 0.0667. The summed E-state index contributed by atoms with van der Waals surface area (Å²) in [6.45, 7) is 2.80. The molecule has 0 saturated heterocycles. The SMILES string of the molecule is CC(CO)[N+](=O)[O-].CC(N)CO. The molecule has 0 aromatic carbocycles. The van der Waals surface area contributed by atoms with E-state index < -0.39 is 11.0 Å². The van der Waals surface area contributed by atoms with Gasteiger partial charge in [-0.2, -0.15) is 0 Å². The Kier molecular flexibility index (Phi) is 9.66. The normalized spacial score (nSPS) is 14.1. The van der Waals surface area contributed by atoms with E-state index in [-0.39, 0.29) is 19.3 Å². The molecule has 0 saturated carbocycles. The lowest BCUT2D eigenvalue weighted by Gasteiger charge is -1.94. The minimum Gasteiger partial charge on any atom is -0.395 e. The standard InChI is InChI=1S/C3H7NO3.C3H9NO/c1-3(2-5)4(6)7;1-3(4)2-5/h3,5H,2H2,1H3;3,5H,2,4H2,1H3. The van der Waals surface area contributed by atoms with Crippen LogP contribution in [0.1, 0.15) is 13.8 Å². The molecule has 0 aromatic heterocycles. The quantitative estimate of drug-likeness (QED) is 0.380. The van der Waals surface area contributed by atoms with Crippen molar-refractivity contribution in [3.8, 4) is 0 Å². The minimum atomic E-state index is -0.819. The van der Waals surface area contributed by atoms with Crippen molar-refractivity contribution >= 4 is 0 Å². The van der Waals surface area contributed by atoms with E-state index in [9.17, 15) is 10.1 Å². The molecule has 12 heavy (non-hydrogen) atoms. The summed E-state index contributed by atoms with van der Waals surface area (Å²) in [6.07, 6.45) is 0. The van der Waals surface area contributed by atoms with Gasteiger partial charge < -0.3 is 15.9 Å². The minimum absolute atomic E-state index is 0.0602. The predicted octanol–water partition coefficient (Wildman–Crippen LogP) is -1.03. The summed E-state index contributed by atoms with van der Waals surface area (Å²) in [6, 6.07) is -0.880. The van der Waals surface area contributed by atoms with Crippen molar-refractivity contribution in [2.24, 2.45) is 5.73 Å². The van der Waals surface area contributed by atoms with Gasteiger partial charge in [0.05, 0.1) is 6.61 Å². The smallest absolute Gasteiger partial charge is 0.233 e. The molecular weight excluding hydrogens is 164 g/mol. The maximum absolute atomic E-state index is 9.58. The number of hydrogen-bond acceptors (Lipinski definition) is 5. The molecular formula is C6H16N2O4. The van der Waals surface area contributed by atoms with Crippen molar-refractivity contribution in [2.45, 2.75) is 25.9 Å². The molecule has 0 aliphatic carbocycles. The molecule has 0 fully saturated rings. The highest BCUT2D eigenvalue weighted by molar-refractivity contribution is 4.43. The van der Waals surface area contributed by atoms with Crippen LogP contribution in [0.15, 0.2) is 0 Å². The summed E-state index contributed by atoms with van der Waals surface area (Å²) in [5.74, 6) is 0. The number of nitrogens with two attached hydrogens (primary N) is 1. The Morgan fingerprint density at radius 1 is 1.42 bits per heavy atom. The molecule has 2 unspecified atom stereocenters. The van der Waals surface area contributed by atoms with Gasteiger partial charge in [0.1, 0.15) is 6.61 Å². The zero-order valence-electron chi connectivity index (χ0n) is 7.30. The summed E-state index contributed by atoms with van der Waals surface area (Å²) in [4.78, 5) is 9.05. The van der Waals surface area contributed by atoms with Gasteiger partial charge in [0, 0.05) is 17.9 Å². The Hall–Kier alpha value is -0.720. The molecule has 0 heterocycles. The van der Waals surface area contributed by atoms with Gasteiger partial charge in [-0.05, 0) is 6.92 Å². The van der Waals surface area contributed by atoms with Gasteiger partial charge in [0.2, 0.25) is 6.04 Å². The van der Waals surface area contributed by atoms with E-state index in [1.54, 1.807) is 6.92 Å². The van der Waals surface area contributed by atoms with Crippen molar-refractivity contribution < 1.29 is 15.1 Å². The zero-order chi connectivity index (χ0) is 10.1. The number of aliphatic hydroxyl groups is 2. The molecule has 0 aliphatic heterocycles. The molecule has 6 heteroatoms. The second-order valence-corrected chi connectivity index (χ2v) is 2.48. The first kappa shape index (κ1) is 13.8. The van der Waals surface area contributed by atoms with E-state index in [4.69, 9.17) is 15.9 Å². The average Bonchev–Trinajstić information content (AvgIpc) is 2.04. The van der Waals surface area contributed by atoms with Gasteiger partial charge in [-0.3, -0.25) is 10.1 Å². The first-order valence-corrected chi connectivity index (χ1v) is 3.56. The van der Waals surface area contributed by atoms with Crippen molar-refractivity contribution in [3.63, 3.8) is 0 Å². The van der Waals surface area contributed by atoms with Crippen LogP contribution in [0.4, 0.5) is 0 Å². The van der Waals surface area contributed by atoms with Crippen LogP contribution in [-0.2, 0) is 0 Å². The molecule has 0 aromatic rings. The van der Waals surface area contributed by atoms with Gasteiger partial charge >= 0.3 is 0 Å². The lowest BCUT2D eigenvalue weighted by molar-refractivity contribution is -0.521. The highest BCUT2D eigenvalue weighted by Crippen LogP contribution is 1.81. The molecule has 0 aliphatic rings. The van der Waals surface area contributed by atoms with Gasteiger partial charge in [-0.25, -0.2) is 0 Å². The van der Waals surface area contributed by atoms with Crippen molar-refractivity contribution in [2.75, 3.05) is 13.2 Å². The molecule has 0 spiro atoms. The van der Waals surface area contributed by atoms with E-state index >= 15 is 0 Å². The summed E-state index contributed by atoms with van der Waals surface area (Å²) < 4.78 is 0. The topological polar surface area (TPSA) is 110 Å². The maximum Gasteiger partial charge on any atom is 0.233 e. The molecule has 6 nitrogen and oxygen atoms in total.